The minimum atomic E-state index is -0.310. The third kappa shape index (κ3) is 2.81. The monoisotopic (exact) mass is 270 g/mol. The van der Waals surface area contributed by atoms with Crippen LogP contribution in [0.5, 0.6) is 0 Å². The van der Waals surface area contributed by atoms with Crippen molar-refractivity contribution in [1.82, 2.24) is 4.98 Å². The number of aromatic nitrogens is 1. The second-order valence-corrected chi connectivity index (χ2v) is 5.36. The highest BCUT2D eigenvalue weighted by molar-refractivity contribution is 7.17. The van der Waals surface area contributed by atoms with Crippen molar-refractivity contribution < 1.29 is 14.3 Å². The topological polar surface area (TPSA) is 51.7 Å². The number of carbonyl (C=O) groups excluding carboxylic acids is 1. The van der Waals surface area contributed by atoms with Gasteiger partial charge in [-0.2, -0.15) is 0 Å². The molecule has 0 bridgehead atoms. The van der Waals surface area contributed by atoms with Crippen LogP contribution in [0, 0.1) is 6.92 Å². The lowest BCUT2D eigenvalue weighted by Crippen LogP contribution is -2.29. The molecule has 1 aliphatic rings. The van der Waals surface area contributed by atoms with Crippen LogP contribution < -0.4 is 4.90 Å². The van der Waals surface area contributed by atoms with E-state index in [9.17, 15) is 4.79 Å². The average molecular weight is 270 g/mol. The van der Waals surface area contributed by atoms with Gasteiger partial charge in [-0.1, -0.05) is 11.3 Å². The van der Waals surface area contributed by atoms with Gasteiger partial charge < -0.3 is 14.4 Å². The van der Waals surface area contributed by atoms with Crippen LogP contribution in [-0.4, -0.2) is 43.9 Å². The first-order valence-electron chi connectivity index (χ1n) is 6.04. The molecule has 18 heavy (non-hydrogen) atoms. The molecule has 1 unspecified atom stereocenters. The molecular formula is C12H18N2O3S. The van der Waals surface area contributed by atoms with E-state index in [0.717, 1.165) is 36.9 Å². The third-order valence-electron chi connectivity index (χ3n) is 2.88. The molecule has 5 nitrogen and oxygen atoms in total. The van der Waals surface area contributed by atoms with Crippen molar-refractivity contribution in [2.45, 2.75) is 26.4 Å². The molecule has 0 aliphatic carbocycles. The zero-order valence-electron chi connectivity index (χ0n) is 10.9. The van der Waals surface area contributed by atoms with E-state index in [1.165, 1.54) is 18.4 Å². The fourth-order valence-electron chi connectivity index (χ4n) is 1.97. The lowest BCUT2D eigenvalue weighted by atomic mass is 10.3. The number of ether oxygens (including phenoxy) is 2. The van der Waals surface area contributed by atoms with Crippen molar-refractivity contribution in [1.29, 1.82) is 0 Å². The zero-order chi connectivity index (χ0) is 13.1. The van der Waals surface area contributed by atoms with Crippen LogP contribution in [0.15, 0.2) is 0 Å². The van der Waals surface area contributed by atoms with Crippen LogP contribution in [0.4, 0.5) is 5.13 Å². The smallest absolute Gasteiger partial charge is 0.350 e. The Hall–Kier alpha value is -1.14. The maximum atomic E-state index is 11.6. The van der Waals surface area contributed by atoms with Crippen LogP contribution in [0.25, 0.3) is 0 Å². The summed E-state index contributed by atoms with van der Waals surface area (Å²) in [6.07, 6.45) is 1.18. The molecule has 1 saturated heterocycles. The van der Waals surface area contributed by atoms with E-state index >= 15 is 0 Å². The van der Waals surface area contributed by atoms with Crippen LogP contribution in [0.1, 0.15) is 28.7 Å². The summed E-state index contributed by atoms with van der Waals surface area (Å²) in [5, 5.41) is 0.880. The maximum Gasteiger partial charge on any atom is 0.350 e. The number of hydrogen-bond acceptors (Lipinski definition) is 6. The van der Waals surface area contributed by atoms with Gasteiger partial charge in [0.1, 0.15) is 4.88 Å². The average Bonchev–Trinajstić information content (AvgIpc) is 2.60. The van der Waals surface area contributed by atoms with Gasteiger partial charge in [0.15, 0.2) is 5.13 Å². The van der Waals surface area contributed by atoms with Crippen LogP contribution in [-0.2, 0) is 9.47 Å². The Morgan fingerprint density at radius 2 is 2.39 bits per heavy atom. The normalized spacial score (nSPS) is 20.6. The van der Waals surface area contributed by atoms with Crippen LogP contribution >= 0.6 is 11.3 Å². The van der Waals surface area contributed by atoms with Gasteiger partial charge in [0.25, 0.3) is 0 Å². The summed E-state index contributed by atoms with van der Waals surface area (Å²) in [6, 6.07) is 0. The number of hydrogen-bond donors (Lipinski definition) is 0. The molecule has 1 atom stereocenters. The molecule has 1 aromatic heterocycles. The summed E-state index contributed by atoms with van der Waals surface area (Å²) in [5.74, 6) is -0.310. The Morgan fingerprint density at radius 1 is 1.61 bits per heavy atom. The predicted molar refractivity (Wildman–Crippen MR) is 70.4 cm³/mol. The quantitative estimate of drug-likeness (QED) is 0.768. The summed E-state index contributed by atoms with van der Waals surface area (Å²) in [4.78, 5) is 18.8. The molecule has 0 N–H and O–H groups in total. The number of nitrogens with zero attached hydrogens (tertiary/aromatic N) is 2. The van der Waals surface area contributed by atoms with Gasteiger partial charge in [-0.15, -0.1) is 0 Å². The Kier molecular flexibility index (Phi) is 4.19. The first-order chi connectivity index (χ1) is 8.61. The Balaban J connectivity index is 2.19. The van der Waals surface area contributed by atoms with Gasteiger partial charge in [-0.05, 0) is 20.3 Å². The number of carbonyl (C=O) groups is 1. The van der Waals surface area contributed by atoms with Crippen LogP contribution in [0.2, 0.25) is 0 Å². The second kappa shape index (κ2) is 5.67. The van der Waals surface area contributed by atoms with Gasteiger partial charge in [0.05, 0.1) is 18.9 Å². The summed E-state index contributed by atoms with van der Waals surface area (Å²) < 4.78 is 10.4. The van der Waals surface area contributed by atoms with Crippen molar-refractivity contribution in [3.05, 3.63) is 10.6 Å². The number of rotatable bonds is 2. The second-order valence-electron chi connectivity index (χ2n) is 4.38. The van der Waals surface area contributed by atoms with Gasteiger partial charge >= 0.3 is 5.97 Å². The van der Waals surface area contributed by atoms with E-state index in [0.29, 0.717) is 4.88 Å². The van der Waals surface area contributed by atoms with Gasteiger partial charge in [-0.3, -0.25) is 0 Å². The van der Waals surface area contributed by atoms with E-state index in [-0.39, 0.29) is 12.1 Å². The molecule has 0 aromatic carbocycles. The van der Waals surface area contributed by atoms with Crippen LogP contribution in [0.3, 0.4) is 0 Å². The van der Waals surface area contributed by atoms with Crippen molar-refractivity contribution in [3.63, 3.8) is 0 Å². The van der Waals surface area contributed by atoms with Gasteiger partial charge in [0, 0.05) is 19.7 Å². The molecule has 0 spiro atoms. The van der Waals surface area contributed by atoms with E-state index in [1.54, 1.807) is 0 Å². The molecular weight excluding hydrogens is 252 g/mol. The molecule has 0 amide bonds. The highest BCUT2D eigenvalue weighted by atomic mass is 32.1. The standard InChI is InChI=1S/C12H18N2O3S/c1-8-7-14(5-4-6-17-8)12-13-9(2)10(18-12)11(15)16-3/h8H,4-7H2,1-3H3. The molecule has 6 heteroatoms. The lowest BCUT2D eigenvalue weighted by Gasteiger charge is -2.20. The lowest BCUT2D eigenvalue weighted by molar-refractivity contribution is 0.0605. The number of aryl methyl sites for hydroxylation is 1. The Bertz CT molecular complexity index is 433. The third-order valence-corrected chi connectivity index (χ3v) is 4.08. The maximum absolute atomic E-state index is 11.6. The highest BCUT2D eigenvalue weighted by Gasteiger charge is 2.22. The summed E-state index contributed by atoms with van der Waals surface area (Å²) in [5.41, 5.74) is 0.736. The highest BCUT2D eigenvalue weighted by Crippen LogP contribution is 2.27. The molecule has 1 aliphatic heterocycles. The summed E-state index contributed by atoms with van der Waals surface area (Å²) in [6.45, 7) is 6.40. The Labute approximate surface area is 111 Å². The summed E-state index contributed by atoms with van der Waals surface area (Å²) in [7, 11) is 1.39. The number of anilines is 1. The van der Waals surface area contributed by atoms with Crippen molar-refractivity contribution in [2.24, 2.45) is 0 Å². The molecule has 0 radical (unpaired) electrons. The van der Waals surface area contributed by atoms with Crippen molar-refractivity contribution >= 4 is 22.4 Å². The van der Waals surface area contributed by atoms with E-state index in [4.69, 9.17) is 9.47 Å². The molecule has 100 valence electrons. The molecule has 0 saturated carbocycles. The fraction of sp³-hybridized carbons (Fsp3) is 0.667. The Morgan fingerprint density at radius 3 is 3.11 bits per heavy atom. The minimum Gasteiger partial charge on any atom is -0.465 e. The first kappa shape index (κ1) is 13.3. The van der Waals surface area contributed by atoms with Gasteiger partial charge in [-0.25, -0.2) is 9.78 Å². The number of thiazole rings is 1. The minimum absolute atomic E-state index is 0.193. The van der Waals surface area contributed by atoms with Crippen molar-refractivity contribution in [2.75, 3.05) is 31.7 Å². The number of methoxy groups -OCH3 is 1. The fourth-order valence-corrected chi connectivity index (χ4v) is 2.99. The number of esters is 1. The van der Waals surface area contributed by atoms with E-state index in [1.807, 2.05) is 6.92 Å². The zero-order valence-corrected chi connectivity index (χ0v) is 11.7. The van der Waals surface area contributed by atoms with Gasteiger partial charge in [0.2, 0.25) is 0 Å². The predicted octanol–water partition coefficient (Wildman–Crippen LogP) is 1.85. The van der Waals surface area contributed by atoms with E-state index in [2.05, 4.69) is 16.8 Å². The largest absolute Gasteiger partial charge is 0.465 e. The molecule has 1 aromatic rings. The molecule has 2 rings (SSSR count). The first-order valence-corrected chi connectivity index (χ1v) is 6.85. The van der Waals surface area contributed by atoms with Crippen molar-refractivity contribution in [3.8, 4) is 0 Å². The molecule has 2 heterocycles. The summed E-state index contributed by atoms with van der Waals surface area (Å²) >= 11 is 1.39. The molecule has 1 fully saturated rings. The van der Waals surface area contributed by atoms with E-state index < -0.39 is 0 Å². The SMILES string of the molecule is COC(=O)c1sc(N2CCCOC(C)C2)nc1C.